The first kappa shape index (κ1) is 18.4. The molecule has 0 radical (unpaired) electrons. The fraction of sp³-hybridized carbons (Fsp3) is 0.263. The first-order valence-electron chi connectivity index (χ1n) is 7.99. The van der Waals surface area contributed by atoms with Crippen LogP contribution in [0.15, 0.2) is 42.6 Å². The van der Waals surface area contributed by atoms with Crippen LogP contribution >= 0.6 is 0 Å². The zero-order chi connectivity index (χ0) is 18.2. The maximum Gasteiger partial charge on any atom is 0.219 e. The van der Waals surface area contributed by atoms with Crippen LogP contribution in [0.3, 0.4) is 0 Å². The third kappa shape index (κ3) is 5.91. The van der Waals surface area contributed by atoms with Crippen molar-refractivity contribution in [1.82, 2.24) is 10.3 Å². The molecule has 0 aliphatic rings. The summed E-state index contributed by atoms with van der Waals surface area (Å²) in [6.45, 7) is 5.68. The molecule has 2 aromatic rings. The number of aromatic nitrogens is 1. The number of nitrogens with one attached hydrogen (secondary N) is 1. The van der Waals surface area contributed by atoms with Gasteiger partial charge in [0.2, 0.25) is 11.8 Å². The molecule has 132 valence electrons. The SMILES string of the molecule is CCOc1ccc(F)c(Oc2ccc(/C=C/[C@H](C)NC(C)=O)cn2)c1. The van der Waals surface area contributed by atoms with Gasteiger partial charge in [-0.1, -0.05) is 12.2 Å². The van der Waals surface area contributed by atoms with Crippen molar-refractivity contribution in [2.24, 2.45) is 0 Å². The Hall–Kier alpha value is -2.89. The van der Waals surface area contributed by atoms with Gasteiger partial charge in [-0.05, 0) is 37.6 Å². The number of nitrogens with zero attached hydrogens (tertiary/aromatic N) is 1. The molecule has 1 heterocycles. The normalized spacial score (nSPS) is 12.0. The van der Waals surface area contributed by atoms with Crippen molar-refractivity contribution in [3.63, 3.8) is 0 Å². The highest BCUT2D eigenvalue weighted by atomic mass is 19.1. The lowest BCUT2D eigenvalue weighted by Gasteiger charge is -2.09. The van der Waals surface area contributed by atoms with Gasteiger partial charge in [-0.3, -0.25) is 4.79 Å². The monoisotopic (exact) mass is 344 g/mol. The molecular weight excluding hydrogens is 323 g/mol. The van der Waals surface area contributed by atoms with E-state index in [-0.39, 0.29) is 23.6 Å². The predicted octanol–water partition coefficient (Wildman–Crippen LogP) is 3.95. The van der Waals surface area contributed by atoms with E-state index in [1.165, 1.54) is 19.1 Å². The number of benzene rings is 1. The van der Waals surface area contributed by atoms with E-state index in [4.69, 9.17) is 9.47 Å². The third-order valence-electron chi connectivity index (χ3n) is 3.20. The van der Waals surface area contributed by atoms with Gasteiger partial charge in [-0.2, -0.15) is 0 Å². The Morgan fingerprint density at radius 2 is 2.16 bits per heavy atom. The molecule has 1 amide bonds. The van der Waals surface area contributed by atoms with Gasteiger partial charge in [0.25, 0.3) is 0 Å². The van der Waals surface area contributed by atoms with Crippen molar-refractivity contribution in [2.45, 2.75) is 26.8 Å². The van der Waals surface area contributed by atoms with E-state index in [1.54, 1.807) is 24.4 Å². The number of halogens is 1. The largest absolute Gasteiger partial charge is 0.494 e. The van der Waals surface area contributed by atoms with E-state index in [0.717, 1.165) is 5.56 Å². The van der Waals surface area contributed by atoms with Crippen LogP contribution in [-0.2, 0) is 4.79 Å². The number of hydrogen-bond acceptors (Lipinski definition) is 4. The van der Waals surface area contributed by atoms with E-state index in [2.05, 4.69) is 10.3 Å². The molecule has 2 rings (SSSR count). The van der Waals surface area contributed by atoms with E-state index in [9.17, 15) is 9.18 Å². The van der Waals surface area contributed by atoms with Crippen LogP contribution in [0, 0.1) is 5.82 Å². The molecule has 1 aromatic carbocycles. The molecule has 0 unspecified atom stereocenters. The van der Waals surface area contributed by atoms with Gasteiger partial charge >= 0.3 is 0 Å². The molecule has 5 nitrogen and oxygen atoms in total. The van der Waals surface area contributed by atoms with Crippen LogP contribution < -0.4 is 14.8 Å². The fourth-order valence-corrected chi connectivity index (χ4v) is 2.11. The Bertz CT molecular complexity index is 745. The standard InChI is InChI=1S/C19H21FN2O3/c1-4-24-16-8-9-17(20)18(11-16)25-19-10-7-15(12-21-19)6-5-13(2)22-14(3)23/h5-13H,4H2,1-3H3,(H,22,23)/b6-5+/t13-/m0/s1. The number of carbonyl (C=O) groups is 1. The average Bonchev–Trinajstić information content (AvgIpc) is 2.57. The maximum absolute atomic E-state index is 13.8. The minimum absolute atomic E-state index is 0.0565. The minimum atomic E-state index is -0.488. The first-order chi connectivity index (χ1) is 12.0. The summed E-state index contributed by atoms with van der Waals surface area (Å²) in [4.78, 5) is 15.1. The van der Waals surface area contributed by atoms with Crippen molar-refractivity contribution in [3.8, 4) is 17.4 Å². The highest BCUT2D eigenvalue weighted by Gasteiger charge is 2.08. The van der Waals surface area contributed by atoms with Gasteiger partial charge < -0.3 is 14.8 Å². The highest BCUT2D eigenvalue weighted by Crippen LogP contribution is 2.27. The van der Waals surface area contributed by atoms with Gasteiger partial charge in [-0.25, -0.2) is 9.37 Å². The van der Waals surface area contributed by atoms with Gasteiger partial charge in [0.15, 0.2) is 11.6 Å². The van der Waals surface area contributed by atoms with Crippen LogP contribution in [0.25, 0.3) is 6.08 Å². The van der Waals surface area contributed by atoms with Gasteiger partial charge in [0.1, 0.15) is 5.75 Å². The van der Waals surface area contributed by atoms with E-state index in [0.29, 0.717) is 12.4 Å². The summed E-state index contributed by atoms with van der Waals surface area (Å²) in [6, 6.07) is 7.69. The summed E-state index contributed by atoms with van der Waals surface area (Å²) in [5, 5.41) is 2.75. The van der Waals surface area contributed by atoms with Crippen molar-refractivity contribution in [2.75, 3.05) is 6.61 Å². The lowest BCUT2D eigenvalue weighted by atomic mass is 10.2. The average molecular weight is 344 g/mol. The molecule has 25 heavy (non-hydrogen) atoms. The Balaban J connectivity index is 2.04. The quantitative estimate of drug-likeness (QED) is 0.826. The molecular formula is C19H21FN2O3. The van der Waals surface area contributed by atoms with E-state index in [1.807, 2.05) is 26.0 Å². The molecule has 0 aliphatic heterocycles. The Morgan fingerprint density at radius 1 is 1.36 bits per heavy atom. The van der Waals surface area contributed by atoms with Crippen LogP contribution in [0.4, 0.5) is 4.39 Å². The third-order valence-corrected chi connectivity index (χ3v) is 3.20. The lowest BCUT2D eigenvalue weighted by Crippen LogP contribution is -2.28. The molecule has 1 atom stereocenters. The van der Waals surface area contributed by atoms with Crippen LogP contribution in [0.5, 0.6) is 17.4 Å². The lowest BCUT2D eigenvalue weighted by molar-refractivity contribution is -0.119. The molecule has 1 N–H and O–H groups in total. The zero-order valence-electron chi connectivity index (χ0n) is 14.5. The summed E-state index contributed by atoms with van der Waals surface area (Å²) in [7, 11) is 0. The van der Waals surface area contributed by atoms with Crippen molar-refractivity contribution in [1.29, 1.82) is 0 Å². The molecule has 0 spiro atoms. The second kappa shape index (κ2) is 8.82. The number of pyridine rings is 1. The second-order valence-electron chi connectivity index (χ2n) is 5.41. The summed E-state index contributed by atoms with van der Waals surface area (Å²) in [6.07, 6.45) is 5.30. The molecule has 1 aromatic heterocycles. The number of hydrogen-bond donors (Lipinski definition) is 1. The van der Waals surface area contributed by atoms with Crippen molar-refractivity contribution >= 4 is 12.0 Å². The summed E-state index contributed by atoms with van der Waals surface area (Å²) in [5.74, 6) is 0.291. The number of carbonyl (C=O) groups excluding carboxylic acids is 1. The first-order valence-corrected chi connectivity index (χ1v) is 7.99. The van der Waals surface area contributed by atoms with Gasteiger partial charge in [-0.15, -0.1) is 0 Å². The van der Waals surface area contributed by atoms with E-state index < -0.39 is 5.82 Å². The molecule has 6 heteroatoms. The molecule has 0 aliphatic carbocycles. The van der Waals surface area contributed by atoms with E-state index >= 15 is 0 Å². The molecule has 0 saturated heterocycles. The van der Waals surface area contributed by atoms with Crippen molar-refractivity contribution < 1.29 is 18.7 Å². The molecule has 0 bridgehead atoms. The van der Waals surface area contributed by atoms with Gasteiger partial charge in [0, 0.05) is 31.3 Å². The Morgan fingerprint density at radius 3 is 2.80 bits per heavy atom. The highest BCUT2D eigenvalue weighted by molar-refractivity contribution is 5.73. The van der Waals surface area contributed by atoms with Crippen molar-refractivity contribution in [3.05, 3.63) is 54.0 Å². The molecule has 0 fully saturated rings. The summed E-state index contributed by atoms with van der Waals surface area (Å²) >= 11 is 0. The topological polar surface area (TPSA) is 60.5 Å². The molecule has 0 saturated carbocycles. The van der Waals surface area contributed by atoms with Crippen LogP contribution in [-0.4, -0.2) is 23.5 Å². The second-order valence-corrected chi connectivity index (χ2v) is 5.41. The number of rotatable bonds is 7. The maximum atomic E-state index is 13.8. The Labute approximate surface area is 146 Å². The van der Waals surface area contributed by atoms with Crippen LogP contribution in [0.2, 0.25) is 0 Å². The minimum Gasteiger partial charge on any atom is -0.494 e. The fourth-order valence-electron chi connectivity index (χ4n) is 2.11. The van der Waals surface area contributed by atoms with Gasteiger partial charge in [0.05, 0.1) is 6.61 Å². The Kier molecular flexibility index (Phi) is 6.51. The number of amides is 1. The summed E-state index contributed by atoms with van der Waals surface area (Å²) in [5.41, 5.74) is 0.841. The smallest absolute Gasteiger partial charge is 0.219 e. The van der Waals surface area contributed by atoms with Crippen LogP contribution in [0.1, 0.15) is 26.3 Å². The zero-order valence-corrected chi connectivity index (χ0v) is 14.5. The number of ether oxygens (including phenoxy) is 2. The predicted molar refractivity (Wildman–Crippen MR) is 94.2 cm³/mol. The summed E-state index contributed by atoms with van der Waals surface area (Å²) < 4.78 is 24.7.